The van der Waals surface area contributed by atoms with Gasteiger partial charge in [-0.2, -0.15) is 5.26 Å². The van der Waals surface area contributed by atoms with Crippen LogP contribution in [-0.2, 0) is 19.5 Å². The maximum Gasteiger partial charge on any atom is 0.326 e. The summed E-state index contributed by atoms with van der Waals surface area (Å²) < 4.78 is 1.79. The van der Waals surface area contributed by atoms with Gasteiger partial charge in [0.05, 0.1) is 17.1 Å². The van der Waals surface area contributed by atoms with Crippen molar-refractivity contribution in [3.8, 4) is 6.07 Å². The number of carbonyl (C=O) groups excluding carboxylic acids is 1. The van der Waals surface area contributed by atoms with Gasteiger partial charge in [0.25, 0.3) is 0 Å². The van der Waals surface area contributed by atoms with Gasteiger partial charge in [-0.05, 0) is 59.2 Å². The predicted molar refractivity (Wildman–Crippen MR) is 143 cm³/mol. The zero-order valence-electron chi connectivity index (χ0n) is 19.4. The van der Waals surface area contributed by atoms with Crippen LogP contribution in [0.3, 0.4) is 0 Å². The van der Waals surface area contributed by atoms with E-state index in [4.69, 9.17) is 28.5 Å². The van der Waals surface area contributed by atoms with E-state index in [2.05, 4.69) is 33.4 Å². The number of amides is 1. The molecule has 1 aliphatic heterocycles. The summed E-state index contributed by atoms with van der Waals surface area (Å²) in [7, 11) is 0. The molecule has 5 rings (SSSR count). The Balaban J connectivity index is 1.35. The lowest BCUT2D eigenvalue weighted by molar-refractivity contribution is 0.240. The number of halogens is 2. The fraction of sp³-hybridized carbons (Fsp3) is 0.179. The van der Waals surface area contributed by atoms with Crippen LogP contribution < -0.4 is 5.32 Å². The molecule has 0 radical (unpaired) electrons. The van der Waals surface area contributed by atoms with E-state index in [9.17, 15) is 4.79 Å². The van der Waals surface area contributed by atoms with Gasteiger partial charge in [-0.1, -0.05) is 47.5 Å². The predicted octanol–water partition coefficient (Wildman–Crippen LogP) is 6.04. The molecule has 1 amide bonds. The van der Waals surface area contributed by atoms with Crippen molar-refractivity contribution in [1.82, 2.24) is 19.8 Å². The molecule has 8 heteroatoms. The van der Waals surface area contributed by atoms with Crippen molar-refractivity contribution in [2.45, 2.75) is 19.5 Å². The van der Waals surface area contributed by atoms with Crippen LogP contribution in [0.5, 0.6) is 0 Å². The second-order valence-corrected chi connectivity index (χ2v) is 9.51. The molecule has 1 N–H and O–H groups in total. The highest BCUT2D eigenvalue weighted by molar-refractivity contribution is 6.31. The van der Waals surface area contributed by atoms with E-state index in [0.717, 1.165) is 59.3 Å². The number of fused-ring (bicyclic) bond motifs is 3. The van der Waals surface area contributed by atoms with E-state index < -0.39 is 0 Å². The van der Waals surface area contributed by atoms with Gasteiger partial charge in [0.15, 0.2) is 0 Å². The van der Waals surface area contributed by atoms with E-state index in [1.54, 1.807) is 16.8 Å². The summed E-state index contributed by atoms with van der Waals surface area (Å²) >= 11 is 12.3. The van der Waals surface area contributed by atoms with E-state index in [-0.39, 0.29) is 6.03 Å². The van der Waals surface area contributed by atoms with Gasteiger partial charge >= 0.3 is 6.03 Å². The Hall–Kier alpha value is -3.63. The zero-order valence-corrected chi connectivity index (χ0v) is 20.9. The maximum atomic E-state index is 13.3. The number of pyridine rings is 1. The van der Waals surface area contributed by atoms with Crippen molar-refractivity contribution in [2.75, 3.05) is 13.1 Å². The maximum absolute atomic E-state index is 13.3. The van der Waals surface area contributed by atoms with Crippen molar-refractivity contribution in [3.63, 3.8) is 0 Å². The quantitative estimate of drug-likeness (QED) is 0.328. The smallest absolute Gasteiger partial charge is 0.326 e. The molecule has 0 saturated carbocycles. The van der Waals surface area contributed by atoms with Gasteiger partial charge < -0.3 is 5.32 Å². The minimum absolute atomic E-state index is 0.175. The van der Waals surface area contributed by atoms with Gasteiger partial charge in [-0.25, -0.2) is 9.78 Å². The highest BCUT2D eigenvalue weighted by Crippen LogP contribution is 2.32. The summed E-state index contributed by atoms with van der Waals surface area (Å²) in [4.78, 5) is 19.7. The second kappa shape index (κ2) is 10.5. The van der Waals surface area contributed by atoms with Gasteiger partial charge in [0.1, 0.15) is 5.15 Å². The number of nitrogens with one attached hydrogen (secondary N) is 1. The molecule has 2 aromatic heterocycles. The van der Waals surface area contributed by atoms with E-state index >= 15 is 0 Å². The summed E-state index contributed by atoms with van der Waals surface area (Å²) in [6.45, 7) is 2.70. The van der Waals surface area contributed by atoms with Crippen LogP contribution >= 0.6 is 23.2 Å². The molecule has 6 nitrogen and oxygen atoms in total. The molecule has 0 atom stereocenters. The number of nitriles is 1. The van der Waals surface area contributed by atoms with Crippen LogP contribution in [0, 0.1) is 11.3 Å². The summed E-state index contributed by atoms with van der Waals surface area (Å²) in [5, 5.41) is 14.0. The lowest BCUT2D eigenvalue weighted by Gasteiger charge is -2.27. The Morgan fingerprint density at radius 1 is 1.14 bits per heavy atom. The van der Waals surface area contributed by atoms with Gasteiger partial charge in [-0.3, -0.25) is 9.47 Å². The molecule has 0 bridgehead atoms. The van der Waals surface area contributed by atoms with Crippen molar-refractivity contribution in [3.05, 3.63) is 105 Å². The number of aromatic nitrogens is 2. The standard InChI is InChI=1S/C28H23Cl2N5O/c29-22-7-8-25-23(15-22)24-18-34(12-1-2-19-3-5-20(16-31)6-4-19)13-10-26(24)35(25)28(36)33-17-21-9-11-32-27(30)14-21/h1-9,11,14-15H,10,12-13,17-18H2,(H,33,36)/b2-1+. The number of benzene rings is 2. The Bertz CT molecular complexity index is 1500. The molecule has 0 saturated heterocycles. The van der Waals surface area contributed by atoms with Crippen LogP contribution in [-0.4, -0.2) is 33.6 Å². The first-order valence-corrected chi connectivity index (χ1v) is 12.4. The normalized spacial score (nSPS) is 13.6. The Morgan fingerprint density at radius 3 is 2.75 bits per heavy atom. The van der Waals surface area contributed by atoms with Gasteiger partial charge in [0, 0.05) is 54.9 Å². The fourth-order valence-electron chi connectivity index (χ4n) is 4.59. The third kappa shape index (κ3) is 5.14. The SMILES string of the molecule is N#Cc1ccc(/C=C/CN2CCc3c(c4cc(Cl)ccc4n3C(=O)NCc3ccnc(Cl)c3)C2)cc1. The Morgan fingerprint density at radius 2 is 1.97 bits per heavy atom. The van der Waals surface area contributed by atoms with E-state index in [1.165, 1.54) is 0 Å². The second-order valence-electron chi connectivity index (χ2n) is 8.69. The minimum atomic E-state index is -0.175. The number of carbonyl (C=O) groups is 1. The number of nitrogens with zero attached hydrogens (tertiary/aromatic N) is 4. The molecule has 0 aliphatic carbocycles. The number of hydrogen-bond donors (Lipinski definition) is 1. The average Bonchev–Trinajstić information content (AvgIpc) is 3.21. The third-order valence-electron chi connectivity index (χ3n) is 6.34. The van der Waals surface area contributed by atoms with Crippen molar-refractivity contribution < 1.29 is 4.79 Å². The number of rotatable bonds is 5. The highest BCUT2D eigenvalue weighted by Gasteiger charge is 2.26. The molecule has 1 aliphatic rings. The molecule has 180 valence electrons. The van der Waals surface area contributed by atoms with Crippen LogP contribution in [0.25, 0.3) is 17.0 Å². The molecule has 0 spiro atoms. The van der Waals surface area contributed by atoms with Crippen LogP contribution in [0.1, 0.15) is 27.9 Å². The highest BCUT2D eigenvalue weighted by atomic mass is 35.5. The zero-order chi connectivity index (χ0) is 25.1. The first-order chi connectivity index (χ1) is 17.5. The molecule has 0 unspecified atom stereocenters. The molecule has 36 heavy (non-hydrogen) atoms. The van der Waals surface area contributed by atoms with Gasteiger partial charge in [-0.15, -0.1) is 0 Å². The summed E-state index contributed by atoms with van der Waals surface area (Å²) in [6.07, 6.45) is 6.57. The number of hydrogen-bond acceptors (Lipinski definition) is 4. The van der Waals surface area contributed by atoms with Crippen LogP contribution in [0.4, 0.5) is 4.79 Å². The monoisotopic (exact) mass is 515 g/mol. The first-order valence-electron chi connectivity index (χ1n) is 11.6. The van der Waals surface area contributed by atoms with Crippen molar-refractivity contribution >= 4 is 46.2 Å². The summed E-state index contributed by atoms with van der Waals surface area (Å²) in [6, 6.07) is 18.7. The lowest BCUT2D eigenvalue weighted by atomic mass is 10.0. The average molecular weight is 516 g/mol. The molecule has 3 heterocycles. The van der Waals surface area contributed by atoms with Crippen molar-refractivity contribution in [1.29, 1.82) is 5.26 Å². The first kappa shape index (κ1) is 24.1. The molecular formula is C28H23Cl2N5O. The molecule has 4 aromatic rings. The molecule has 0 fully saturated rings. The summed E-state index contributed by atoms with van der Waals surface area (Å²) in [5.41, 5.74) is 5.60. The van der Waals surface area contributed by atoms with E-state index in [0.29, 0.717) is 22.3 Å². The van der Waals surface area contributed by atoms with E-state index in [1.807, 2.05) is 48.5 Å². The van der Waals surface area contributed by atoms with Crippen LogP contribution in [0.2, 0.25) is 10.2 Å². The molecular weight excluding hydrogens is 493 g/mol. The summed E-state index contributed by atoms with van der Waals surface area (Å²) in [5.74, 6) is 0. The molecule has 2 aromatic carbocycles. The third-order valence-corrected chi connectivity index (χ3v) is 6.78. The Kier molecular flexibility index (Phi) is 7.06. The van der Waals surface area contributed by atoms with Crippen molar-refractivity contribution in [2.24, 2.45) is 0 Å². The minimum Gasteiger partial charge on any atom is -0.333 e. The Labute approximate surface area is 219 Å². The largest absolute Gasteiger partial charge is 0.333 e. The van der Waals surface area contributed by atoms with Crippen LogP contribution in [0.15, 0.2) is 66.9 Å². The fourth-order valence-corrected chi connectivity index (χ4v) is 4.96. The van der Waals surface area contributed by atoms with Gasteiger partial charge in [0.2, 0.25) is 0 Å². The lowest BCUT2D eigenvalue weighted by Crippen LogP contribution is -2.34. The topological polar surface area (TPSA) is 74.0 Å².